The van der Waals surface area contributed by atoms with Crippen LogP contribution in [0, 0.1) is 17.0 Å². The Bertz CT molecular complexity index is 1120. The minimum Gasteiger partial charge on any atom is -0.457 e. The van der Waals surface area contributed by atoms with E-state index in [1.54, 1.807) is 24.3 Å². The molecule has 0 atom stereocenters. The van der Waals surface area contributed by atoms with Crippen LogP contribution >= 0.6 is 11.5 Å². The highest BCUT2D eigenvalue weighted by molar-refractivity contribution is 7.10. The zero-order chi connectivity index (χ0) is 22.0. The van der Waals surface area contributed by atoms with Gasteiger partial charge in [0, 0.05) is 50.1 Å². The van der Waals surface area contributed by atoms with Crippen molar-refractivity contribution in [2.75, 3.05) is 38.5 Å². The van der Waals surface area contributed by atoms with Crippen LogP contribution in [0.3, 0.4) is 0 Å². The molecule has 162 valence electrons. The van der Waals surface area contributed by atoms with Crippen LogP contribution in [0.5, 0.6) is 11.5 Å². The van der Waals surface area contributed by atoms with Crippen molar-refractivity contribution in [1.29, 1.82) is 5.41 Å². The third kappa shape index (κ3) is 4.92. The van der Waals surface area contributed by atoms with Gasteiger partial charge in [-0.1, -0.05) is 0 Å². The number of aromatic amines is 1. The van der Waals surface area contributed by atoms with Gasteiger partial charge >= 0.3 is 0 Å². The molecular formula is C21H21F2N5O2S. The van der Waals surface area contributed by atoms with Crippen molar-refractivity contribution in [1.82, 2.24) is 14.2 Å². The Morgan fingerprint density at radius 2 is 1.71 bits per heavy atom. The number of rotatable bonds is 5. The number of ether oxygens (including phenoxy) is 1. The number of hydrogen-bond acceptors (Lipinski definition) is 6. The van der Waals surface area contributed by atoms with Gasteiger partial charge in [-0.15, -0.1) is 0 Å². The number of amidine groups is 1. The maximum absolute atomic E-state index is 13.3. The first-order valence-electron chi connectivity index (χ1n) is 9.64. The number of H-pyrrole nitrogens is 1. The van der Waals surface area contributed by atoms with Crippen molar-refractivity contribution in [3.05, 3.63) is 70.0 Å². The van der Waals surface area contributed by atoms with E-state index in [-0.39, 0.29) is 17.1 Å². The second kappa shape index (κ2) is 8.86. The fraction of sp³-hybridized carbons (Fsp3) is 0.238. The third-order valence-corrected chi connectivity index (χ3v) is 5.74. The number of aromatic nitrogens is 1. The zero-order valence-corrected chi connectivity index (χ0v) is 17.6. The molecule has 7 nitrogen and oxygen atoms in total. The molecule has 0 saturated carbocycles. The molecule has 1 aromatic heterocycles. The van der Waals surface area contributed by atoms with E-state index in [9.17, 15) is 13.6 Å². The van der Waals surface area contributed by atoms with Gasteiger partial charge in [0.2, 0.25) is 0 Å². The topological polar surface area (TPSA) is 84.4 Å². The molecule has 2 aromatic carbocycles. The summed E-state index contributed by atoms with van der Waals surface area (Å²) in [5.41, 5.74) is 0.690. The minimum absolute atomic E-state index is 0.0602. The number of anilines is 2. The Hall–Kier alpha value is -3.24. The van der Waals surface area contributed by atoms with Gasteiger partial charge in [0.15, 0.2) is 0 Å². The average Bonchev–Trinajstić information content (AvgIpc) is 3.09. The van der Waals surface area contributed by atoms with Gasteiger partial charge < -0.3 is 19.9 Å². The summed E-state index contributed by atoms with van der Waals surface area (Å²) in [5, 5.41) is 12.2. The number of likely N-dealkylation sites (N-methyl/N-ethyl adjacent to an activating group) is 1. The van der Waals surface area contributed by atoms with Gasteiger partial charge in [-0.3, -0.25) is 14.6 Å². The van der Waals surface area contributed by atoms with Gasteiger partial charge in [0.25, 0.3) is 5.56 Å². The number of piperazine rings is 1. The zero-order valence-electron chi connectivity index (χ0n) is 16.7. The number of nitrogens with zero attached hydrogens (tertiary/aromatic N) is 2. The molecule has 1 aliphatic heterocycles. The summed E-state index contributed by atoms with van der Waals surface area (Å²) < 4.78 is 34.8. The monoisotopic (exact) mass is 445 g/mol. The summed E-state index contributed by atoms with van der Waals surface area (Å²) in [5.74, 6) is -0.767. The van der Waals surface area contributed by atoms with Crippen LogP contribution in [0.2, 0.25) is 0 Å². The molecule has 0 bridgehead atoms. The van der Waals surface area contributed by atoms with Gasteiger partial charge in [0.05, 0.1) is 0 Å². The van der Waals surface area contributed by atoms with Crippen molar-refractivity contribution in [2.45, 2.75) is 0 Å². The highest BCUT2D eigenvalue weighted by atomic mass is 32.1. The summed E-state index contributed by atoms with van der Waals surface area (Å²) in [6.07, 6.45) is 0. The summed E-state index contributed by atoms with van der Waals surface area (Å²) >= 11 is 1.13. The molecule has 0 spiro atoms. The maximum atomic E-state index is 13.3. The van der Waals surface area contributed by atoms with Crippen molar-refractivity contribution in [2.24, 2.45) is 0 Å². The van der Waals surface area contributed by atoms with Crippen molar-refractivity contribution >= 4 is 28.1 Å². The average molecular weight is 445 g/mol. The second-order valence-electron chi connectivity index (χ2n) is 7.23. The van der Waals surface area contributed by atoms with E-state index in [1.807, 2.05) is 11.9 Å². The maximum Gasteiger partial charge on any atom is 0.271 e. The Kier molecular flexibility index (Phi) is 6.01. The lowest BCUT2D eigenvalue weighted by atomic mass is 10.2. The van der Waals surface area contributed by atoms with Crippen LogP contribution < -0.4 is 15.6 Å². The van der Waals surface area contributed by atoms with Crippen molar-refractivity contribution in [3.63, 3.8) is 0 Å². The lowest BCUT2D eigenvalue weighted by Crippen LogP contribution is -2.48. The molecule has 31 heavy (non-hydrogen) atoms. The lowest BCUT2D eigenvalue weighted by Gasteiger charge is -2.33. The quantitative estimate of drug-likeness (QED) is 0.411. The second-order valence-corrected chi connectivity index (χ2v) is 8.05. The van der Waals surface area contributed by atoms with Crippen molar-refractivity contribution < 1.29 is 13.5 Å². The fourth-order valence-corrected chi connectivity index (χ4v) is 4.01. The Labute approximate surface area is 181 Å². The van der Waals surface area contributed by atoms with Crippen LogP contribution in [-0.2, 0) is 0 Å². The molecule has 0 unspecified atom stereocenters. The first-order chi connectivity index (χ1) is 14.9. The predicted molar refractivity (Wildman–Crippen MR) is 117 cm³/mol. The molecule has 0 radical (unpaired) electrons. The Morgan fingerprint density at radius 3 is 2.35 bits per heavy atom. The highest BCUT2D eigenvalue weighted by Gasteiger charge is 2.23. The van der Waals surface area contributed by atoms with Crippen LogP contribution in [0.4, 0.5) is 19.5 Å². The minimum atomic E-state index is -0.717. The van der Waals surface area contributed by atoms with E-state index in [0.29, 0.717) is 35.1 Å². The van der Waals surface area contributed by atoms with E-state index < -0.39 is 11.6 Å². The van der Waals surface area contributed by atoms with Crippen LogP contribution in [-0.4, -0.2) is 53.2 Å². The van der Waals surface area contributed by atoms with E-state index in [4.69, 9.17) is 10.1 Å². The Balaban J connectivity index is 1.47. The van der Waals surface area contributed by atoms with Gasteiger partial charge in [-0.05, 0) is 42.8 Å². The number of benzene rings is 2. The molecule has 0 aliphatic carbocycles. The molecular weight excluding hydrogens is 424 g/mol. The molecule has 1 aliphatic rings. The first-order valence-corrected chi connectivity index (χ1v) is 10.5. The van der Waals surface area contributed by atoms with Crippen LogP contribution in [0.1, 0.15) is 5.56 Å². The Morgan fingerprint density at radius 1 is 1.06 bits per heavy atom. The van der Waals surface area contributed by atoms with Crippen LogP contribution in [0.15, 0.2) is 47.3 Å². The first kappa shape index (κ1) is 21.0. The summed E-state index contributed by atoms with van der Waals surface area (Å²) in [6, 6.07) is 9.71. The molecule has 10 heteroatoms. The van der Waals surface area contributed by atoms with E-state index in [0.717, 1.165) is 42.8 Å². The van der Waals surface area contributed by atoms with E-state index in [2.05, 4.69) is 14.6 Å². The SMILES string of the molecule is CN1CCN(C(=N)c2c(Nc3ccc(Oc4cc(F)cc(F)c4)cc3)s[nH]c2=O)CC1. The van der Waals surface area contributed by atoms with Crippen molar-refractivity contribution in [3.8, 4) is 11.5 Å². The third-order valence-electron chi connectivity index (χ3n) is 4.94. The standard InChI is InChI=1S/C21H21F2N5O2S/c1-27-6-8-28(9-7-27)19(24)18-20(29)26-31-21(18)25-15-2-4-16(5-3-15)30-17-11-13(22)10-14(23)12-17/h2-5,10-12,24-25H,6-9H2,1H3,(H,26,29). The van der Waals surface area contributed by atoms with E-state index >= 15 is 0 Å². The lowest BCUT2D eigenvalue weighted by molar-refractivity contribution is 0.215. The predicted octanol–water partition coefficient (Wildman–Crippen LogP) is 3.82. The fourth-order valence-electron chi connectivity index (χ4n) is 3.25. The number of halogens is 2. The summed E-state index contributed by atoms with van der Waals surface area (Å²) in [7, 11) is 2.03. The number of nitrogens with one attached hydrogen (secondary N) is 3. The smallest absolute Gasteiger partial charge is 0.271 e. The largest absolute Gasteiger partial charge is 0.457 e. The summed E-state index contributed by atoms with van der Waals surface area (Å²) in [6.45, 7) is 3.06. The molecule has 3 aromatic rings. The molecule has 0 amide bonds. The molecule has 1 saturated heterocycles. The van der Waals surface area contributed by atoms with Gasteiger partial charge in [0.1, 0.15) is 39.5 Å². The molecule has 2 heterocycles. The normalized spacial score (nSPS) is 14.5. The van der Waals surface area contributed by atoms with Gasteiger partial charge in [-0.2, -0.15) is 0 Å². The molecule has 1 fully saturated rings. The van der Waals surface area contributed by atoms with E-state index in [1.165, 1.54) is 0 Å². The van der Waals surface area contributed by atoms with Crippen LogP contribution in [0.25, 0.3) is 0 Å². The van der Waals surface area contributed by atoms with Gasteiger partial charge in [-0.25, -0.2) is 8.78 Å². The molecule has 4 rings (SSSR count). The number of hydrogen-bond donors (Lipinski definition) is 3. The highest BCUT2D eigenvalue weighted by Crippen LogP contribution is 2.28. The molecule has 3 N–H and O–H groups in total. The summed E-state index contributed by atoms with van der Waals surface area (Å²) in [4.78, 5) is 16.4.